The molecule has 0 saturated carbocycles. The first-order valence-corrected chi connectivity index (χ1v) is 7.04. The number of ether oxygens (including phenoxy) is 1. The highest BCUT2D eigenvalue weighted by Gasteiger charge is 2.52. The molecule has 0 unspecified atom stereocenters. The van der Waals surface area contributed by atoms with Gasteiger partial charge in [-0.15, -0.1) is 11.3 Å². The lowest BCUT2D eigenvalue weighted by molar-refractivity contribution is 0.00578. The number of rotatable bonds is 2. The molecule has 0 spiro atoms. The molecule has 0 bridgehead atoms. The number of hydrogen-bond acceptors (Lipinski definition) is 5. The van der Waals surface area contributed by atoms with Gasteiger partial charge in [0, 0.05) is 10.3 Å². The molecule has 1 aromatic rings. The Morgan fingerprint density at radius 2 is 1.79 bits per heavy atom. The van der Waals surface area contributed by atoms with Crippen LogP contribution in [0, 0.1) is 6.92 Å². The van der Waals surface area contributed by atoms with Gasteiger partial charge in [-0.05, 0) is 40.7 Å². The van der Waals surface area contributed by atoms with Gasteiger partial charge in [-0.1, -0.05) is 0 Å². The second kappa shape index (κ2) is 4.61. The highest BCUT2D eigenvalue weighted by molar-refractivity contribution is 7.15. The molecule has 0 atom stereocenters. The molecule has 1 saturated heterocycles. The average molecular weight is 282 g/mol. The van der Waals surface area contributed by atoms with E-state index in [0.717, 1.165) is 10.3 Å². The summed E-state index contributed by atoms with van der Waals surface area (Å²) in [4.78, 5) is 13.4. The highest BCUT2D eigenvalue weighted by Crippen LogP contribution is 2.37. The Morgan fingerprint density at radius 1 is 1.26 bits per heavy atom. The lowest BCUT2D eigenvalue weighted by Gasteiger charge is -2.32. The van der Waals surface area contributed by atoms with E-state index in [2.05, 4.69) is 0 Å². The summed E-state index contributed by atoms with van der Waals surface area (Å²) in [5, 5.41) is 0. The lowest BCUT2D eigenvalue weighted by atomic mass is 9.79. The summed E-state index contributed by atoms with van der Waals surface area (Å²) in [5.41, 5.74) is -0.0741. The van der Waals surface area contributed by atoms with Crippen molar-refractivity contribution in [3.8, 4) is 0 Å². The van der Waals surface area contributed by atoms with Crippen molar-refractivity contribution in [1.82, 2.24) is 0 Å². The van der Waals surface area contributed by atoms with Crippen LogP contribution in [0.4, 0.5) is 0 Å². The van der Waals surface area contributed by atoms with Crippen molar-refractivity contribution in [2.24, 2.45) is 0 Å². The van der Waals surface area contributed by atoms with Crippen LogP contribution < -0.4 is 5.46 Å². The second-order valence-corrected chi connectivity index (χ2v) is 6.98. The minimum atomic E-state index is -0.524. The molecule has 2 heterocycles. The summed E-state index contributed by atoms with van der Waals surface area (Å²) in [6, 6.07) is 1.93. The summed E-state index contributed by atoms with van der Waals surface area (Å²) in [6.45, 7) is 9.91. The number of esters is 1. The van der Waals surface area contributed by atoms with Crippen LogP contribution in [-0.2, 0) is 14.0 Å². The monoisotopic (exact) mass is 282 g/mol. The first kappa shape index (κ1) is 14.6. The van der Waals surface area contributed by atoms with E-state index >= 15 is 0 Å². The molecular formula is C13H19BO4S. The van der Waals surface area contributed by atoms with Crippen LogP contribution >= 0.6 is 11.3 Å². The van der Waals surface area contributed by atoms with Gasteiger partial charge in [-0.25, -0.2) is 4.79 Å². The lowest BCUT2D eigenvalue weighted by Crippen LogP contribution is -2.41. The minimum absolute atomic E-state index is 0.345. The Morgan fingerprint density at radius 3 is 2.26 bits per heavy atom. The number of methoxy groups -OCH3 is 1. The SMILES string of the molecule is COC(=O)c1sc(C)cc1B1OC(C)(C)C(C)(C)O1. The van der Waals surface area contributed by atoms with Crippen molar-refractivity contribution >= 4 is 29.9 Å². The van der Waals surface area contributed by atoms with Crippen LogP contribution in [0.25, 0.3) is 0 Å². The summed E-state index contributed by atoms with van der Waals surface area (Å²) in [5.74, 6) is -0.345. The molecule has 104 valence electrons. The molecule has 0 aromatic carbocycles. The van der Waals surface area contributed by atoms with Gasteiger partial charge in [-0.3, -0.25) is 0 Å². The molecule has 2 rings (SSSR count). The van der Waals surface area contributed by atoms with E-state index in [1.165, 1.54) is 18.4 Å². The molecule has 0 aliphatic carbocycles. The van der Waals surface area contributed by atoms with E-state index in [-0.39, 0.29) is 5.97 Å². The van der Waals surface area contributed by atoms with Gasteiger partial charge < -0.3 is 14.0 Å². The third-order valence-electron chi connectivity index (χ3n) is 3.76. The van der Waals surface area contributed by atoms with Crippen molar-refractivity contribution in [2.75, 3.05) is 7.11 Å². The van der Waals surface area contributed by atoms with E-state index in [0.29, 0.717) is 4.88 Å². The minimum Gasteiger partial charge on any atom is -0.465 e. The summed E-state index contributed by atoms with van der Waals surface area (Å²) >= 11 is 1.40. The predicted molar refractivity (Wildman–Crippen MR) is 76.1 cm³/mol. The predicted octanol–water partition coefficient (Wildman–Crippen LogP) is 2.14. The maximum atomic E-state index is 11.8. The summed E-state index contributed by atoms with van der Waals surface area (Å²) in [6.07, 6.45) is 0. The average Bonchev–Trinajstić information content (AvgIpc) is 2.77. The standard InChI is InChI=1S/C13H19BO4S/c1-8-7-9(10(19-8)11(15)16-6)14-17-12(2,3)13(4,5)18-14/h7H,1-6H3. The van der Waals surface area contributed by atoms with Crippen molar-refractivity contribution < 1.29 is 18.8 Å². The first-order chi connectivity index (χ1) is 8.68. The summed E-state index contributed by atoms with van der Waals surface area (Å²) in [7, 11) is 0.856. The number of hydrogen-bond donors (Lipinski definition) is 0. The van der Waals surface area contributed by atoms with Crippen molar-refractivity contribution in [1.29, 1.82) is 0 Å². The van der Waals surface area contributed by atoms with E-state index in [1.807, 2.05) is 40.7 Å². The Balaban J connectivity index is 2.37. The van der Waals surface area contributed by atoms with Crippen molar-refractivity contribution in [3.63, 3.8) is 0 Å². The van der Waals surface area contributed by atoms with E-state index in [4.69, 9.17) is 14.0 Å². The van der Waals surface area contributed by atoms with Crippen molar-refractivity contribution in [3.05, 3.63) is 15.8 Å². The van der Waals surface area contributed by atoms with Crippen LogP contribution in [0.15, 0.2) is 6.07 Å². The number of thiophene rings is 1. The molecule has 1 aliphatic heterocycles. The van der Waals surface area contributed by atoms with Crippen LogP contribution in [-0.4, -0.2) is 31.4 Å². The third-order valence-corrected chi connectivity index (χ3v) is 4.81. The maximum Gasteiger partial charge on any atom is 0.496 e. The molecular weight excluding hydrogens is 263 g/mol. The van der Waals surface area contributed by atoms with Crippen LogP contribution in [0.1, 0.15) is 42.2 Å². The van der Waals surface area contributed by atoms with Crippen LogP contribution in [0.3, 0.4) is 0 Å². The van der Waals surface area contributed by atoms with Gasteiger partial charge in [0.15, 0.2) is 0 Å². The zero-order chi connectivity index (χ0) is 14.4. The quantitative estimate of drug-likeness (QED) is 0.616. The number of aryl methyl sites for hydroxylation is 1. The van der Waals surface area contributed by atoms with E-state index < -0.39 is 18.3 Å². The molecule has 1 aliphatic rings. The Kier molecular flexibility index (Phi) is 3.54. The highest BCUT2D eigenvalue weighted by atomic mass is 32.1. The fourth-order valence-electron chi connectivity index (χ4n) is 1.93. The zero-order valence-corrected chi connectivity index (χ0v) is 13.0. The fourth-order valence-corrected chi connectivity index (χ4v) is 2.88. The Labute approximate surface area is 118 Å². The van der Waals surface area contributed by atoms with Crippen molar-refractivity contribution in [2.45, 2.75) is 45.8 Å². The van der Waals surface area contributed by atoms with Gasteiger partial charge in [-0.2, -0.15) is 0 Å². The van der Waals surface area contributed by atoms with Gasteiger partial charge in [0.05, 0.1) is 18.3 Å². The van der Waals surface area contributed by atoms with Crippen LogP contribution in [0.5, 0.6) is 0 Å². The smallest absolute Gasteiger partial charge is 0.465 e. The second-order valence-electron chi connectivity index (χ2n) is 5.72. The normalized spacial score (nSPS) is 20.6. The molecule has 19 heavy (non-hydrogen) atoms. The van der Waals surface area contributed by atoms with E-state index in [1.54, 1.807) is 0 Å². The Hall–Kier alpha value is -0.845. The van der Waals surface area contributed by atoms with Crippen LogP contribution in [0.2, 0.25) is 0 Å². The largest absolute Gasteiger partial charge is 0.496 e. The molecule has 4 nitrogen and oxygen atoms in total. The number of carbonyl (C=O) groups is 1. The maximum absolute atomic E-state index is 11.8. The number of carbonyl (C=O) groups excluding carboxylic acids is 1. The van der Waals surface area contributed by atoms with Gasteiger partial charge in [0.2, 0.25) is 0 Å². The van der Waals surface area contributed by atoms with Gasteiger partial charge in [0.25, 0.3) is 0 Å². The van der Waals surface area contributed by atoms with Gasteiger partial charge in [0.1, 0.15) is 4.88 Å². The van der Waals surface area contributed by atoms with Gasteiger partial charge >= 0.3 is 13.1 Å². The molecule has 0 radical (unpaired) electrons. The zero-order valence-electron chi connectivity index (χ0n) is 12.2. The van der Waals surface area contributed by atoms with E-state index in [9.17, 15) is 4.79 Å². The third kappa shape index (κ3) is 2.44. The topological polar surface area (TPSA) is 44.8 Å². The Bertz CT molecular complexity index is 491. The molecule has 0 N–H and O–H groups in total. The molecule has 1 fully saturated rings. The fraction of sp³-hybridized carbons (Fsp3) is 0.615. The molecule has 6 heteroatoms. The first-order valence-electron chi connectivity index (χ1n) is 6.22. The molecule has 0 amide bonds. The summed E-state index contributed by atoms with van der Waals surface area (Å²) < 4.78 is 16.8. The molecule has 1 aromatic heterocycles.